The normalized spacial score (nSPS) is 10.9. The van der Waals surface area contributed by atoms with Crippen LogP contribution in [0, 0.1) is 0 Å². The Labute approximate surface area is 101 Å². The van der Waals surface area contributed by atoms with Gasteiger partial charge in [0.2, 0.25) is 0 Å². The highest BCUT2D eigenvalue weighted by Crippen LogP contribution is 1.99. The Balaban J connectivity index is 2.90. The molecule has 96 valence electrons. The van der Waals surface area contributed by atoms with Crippen LogP contribution in [0.4, 0.5) is 0 Å². The maximum Gasteiger partial charge on any atom is 0.0518 e. The molecule has 0 amide bonds. The number of nitrogens with one attached hydrogen (secondary N) is 1. The van der Waals surface area contributed by atoms with Gasteiger partial charge in [-0.3, -0.25) is 0 Å². The zero-order chi connectivity index (χ0) is 12.1. The second kappa shape index (κ2) is 12.7. The molecule has 0 heterocycles. The Kier molecular flexibility index (Phi) is 12.5. The molecule has 0 spiro atoms. The van der Waals surface area contributed by atoms with Crippen molar-refractivity contribution in [3.05, 3.63) is 12.7 Å². The van der Waals surface area contributed by atoms with Gasteiger partial charge in [0.25, 0.3) is 0 Å². The second-order valence-corrected chi connectivity index (χ2v) is 4.51. The summed E-state index contributed by atoms with van der Waals surface area (Å²) in [5.74, 6) is 0. The Morgan fingerprint density at radius 3 is 2.38 bits per heavy atom. The molecule has 0 unspecified atom stereocenters. The topological polar surface area (TPSA) is 21.3 Å². The quantitative estimate of drug-likeness (QED) is 0.407. The summed E-state index contributed by atoms with van der Waals surface area (Å²) in [4.78, 5) is 0. The molecule has 0 aliphatic carbocycles. The van der Waals surface area contributed by atoms with Crippen LogP contribution in [0.5, 0.6) is 0 Å². The number of unbranched alkanes of at least 4 members (excludes halogenated alkanes) is 4. The minimum Gasteiger partial charge on any atom is -0.379 e. The summed E-state index contributed by atoms with van der Waals surface area (Å²) in [6.07, 6.45) is 9.81. The van der Waals surface area contributed by atoms with Gasteiger partial charge in [-0.05, 0) is 59.0 Å². The average molecular weight is 227 g/mol. The van der Waals surface area contributed by atoms with Gasteiger partial charge in [0.05, 0.1) is 6.10 Å². The van der Waals surface area contributed by atoms with E-state index in [1.54, 1.807) is 0 Å². The van der Waals surface area contributed by atoms with E-state index in [0.717, 1.165) is 26.1 Å². The second-order valence-electron chi connectivity index (χ2n) is 4.51. The molecule has 0 aromatic rings. The van der Waals surface area contributed by atoms with Crippen molar-refractivity contribution in [2.75, 3.05) is 19.7 Å². The molecule has 0 radical (unpaired) electrons. The fourth-order valence-electron chi connectivity index (χ4n) is 1.51. The van der Waals surface area contributed by atoms with Crippen LogP contribution in [0.3, 0.4) is 0 Å². The summed E-state index contributed by atoms with van der Waals surface area (Å²) >= 11 is 0. The minimum absolute atomic E-state index is 0.373. The lowest BCUT2D eigenvalue weighted by molar-refractivity contribution is 0.0760. The van der Waals surface area contributed by atoms with E-state index in [4.69, 9.17) is 4.74 Å². The van der Waals surface area contributed by atoms with Gasteiger partial charge in [-0.15, -0.1) is 6.58 Å². The minimum atomic E-state index is 0.373. The molecule has 0 rings (SSSR count). The average Bonchev–Trinajstić information content (AvgIpc) is 2.25. The number of hydrogen-bond acceptors (Lipinski definition) is 2. The van der Waals surface area contributed by atoms with Crippen molar-refractivity contribution in [3.63, 3.8) is 0 Å². The van der Waals surface area contributed by atoms with Crippen LogP contribution in [0.1, 0.15) is 52.4 Å². The molecule has 0 aliphatic heterocycles. The van der Waals surface area contributed by atoms with Gasteiger partial charge in [-0.1, -0.05) is 12.5 Å². The van der Waals surface area contributed by atoms with E-state index in [9.17, 15) is 0 Å². The van der Waals surface area contributed by atoms with Gasteiger partial charge in [-0.25, -0.2) is 0 Å². The number of allylic oxidation sites excluding steroid dienone is 1. The van der Waals surface area contributed by atoms with Crippen LogP contribution >= 0.6 is 0 Å². The predicted molar refractivity (Wildman–Crippen MR) is 71.9 cm³/mol. The van der Waals surface area contributed by atoms with E-state index in [1.807, 2.05) is 6.08 Å². The van der Waals surface area contributed by atoms with E-state index in [1.165, 1.54) is 32.1 Å². The Hall–Kier alpha value is -0.340. The third-order valence-corrected chi connectivity index (χ3v) is 2.46. The van der Waals surface area contributed by atoms with Crippen molar-refractivity contribution in [2.45, 2.75) is 58.5 Å². The van der Waals surface area contributed by atoms with Crippen LogP contribution in [-0.4, -0.2) is 25.8 Å². The number of rotatable bonds is 12. The largest absolute Gasteiger partial charge is 0.379 e. The van der Waals surface area contributed by atoms with Crippen molar-refractivity contribution in [2.24, 2.45) is 0 Å². The first kappa shape index (κ1) is 15.7. The fourth-order valence-corrected chi connectivity index (χ4v) is 1.51. The van der Waals surface area contributed by atoms with Crippen molar-refractivity contribution in [1.29, 1.82) is 0 Å². The van der Waals surface area contributed by atoms with E-state index < -0.39 is 0 Å². The highest BCUT2D eigenvalue weighted by molar-refractivity contribution is 4.65. The molecule has 0 aromatic heterocycles. The first-order chi connectivity index (χ1) is 7.77. The molecule has 0 saturated heterocycles. The van der Waals surface area contributed by atoms with Gasteiger partial charge in [0.1, 0.15) is 0 Å². The Morgan fingerprint density at radius 1 is 1.06 bits per heavy atom. The fraction of sp³-hybridized carbons (Fsp3) is 0.857. The Bertz CT molecular complexity index is 146. The molecule has 0 atom stereocenters. The zero-order valence-corrected chi connectivity index (χ0v) is 11.1. The first-order valence-electron chi connectivity index (χ1n) is 6.70. The van der Waals surface area contributed by atoms with Crippen LogP contribution in [0.25, 0.3) is 0 Å². The van der Waals surface area contributed by atoms with Crippen molar-refractivity contribution >= 4 is 0 Å². The van der Waals surface area contributed by atoms with Gasteiger partial charge in [0.15, 0.2) is 0 Å². The summed E-state index contributed by atoms with van der Waals surface area (Å²) in [6, 6.07) is 0. The Morgan fingerprint density at radius 2 is 1.75 bits per heavy atom. The summed E-state index contributed by atoms with van der Waals surface area (Å²) < 4.78 is 5.48. The van der Waals surface area contributed by atoms with Crippen LogP contribution in [-0.2, 0) is 4.74 Å². The number of hydrogen-bond donors (Lipinski definition) is 1. The third kappa shape index (κ3) is 13.7. The molecule has 2 heteroatoms. The molecule has 0 fully saturated rings. The number of ether oxygens (including phenoxy) is 1. The first-order valence-corrected chi connectivity index (χ1v) is 6.70. The lowest BCUT2D eigenvalue weighted by Gasteiger charge is -2.07. The molecule has 2 nitrogen and oxygen atoms in total. The third-order valence-electron chi connectivity index (χ3n) is 2.46. The van der Waals surface area contributed by atoms with Gasteiger partial charge in [-0.2, -0.15) is 0 Å². The predicted octanol–water partition coefficient (Wildman–Crippen LogP) is 3.53. The monoisotopic (exact) mass is 227 g/mol. The molecule has 0 aliphatic rings. The van der Waals surface area contributed by atoms with E-state index >= 15 is 0 Å². The van der Waals surface area contributed by atoms with Crippen LogP contribution in [0.2, 0.25) is 0 Å². The van der Waals surface area contributed by atoms with Crippen LogP contribution < -0.4 is 5.32 Å². The van der Waals surface area contributed by atoms with E-state index in [-0.39, 0.29) is 0 Å². The summed E-state index contributed by atoms with van der Waals surface area (Å²) in [5.41, 5.74) is 0. The van der Waals surface area contributed by atoms with Gasteiger partial charge < -0.3 is 10.1 Å². The lowest BCUT2D eigenvalue weighted by Crippen LogP contribution is -2.17. The highest BCUT2D eigenvalue weighted by Gasteiger charge is 1.93. The van der Waals surface area contributed by atoms with E-state index in [2.05, 4.69) is 25.7 Å². The molecular formula is C14H29NO. The maximum absolute atomic E-state index is 5.48. The van der Waals surface area contributed by atoms with Crippen molar-refractivity contribution in [3.8, 4) is 0 Å². The molecule has 16 heavy (non-hydrogen) atoms. The maximum atomic E-state index is 5.48. The van der Waals surface area contributed by atoms with Gasteiger partial charge >= 0.3 is 0 Å². The van der Waals surface area contributed by atoms with Gasteiger partial charge in [0, 0.05) is 6.61 Å². The van der Waals surface area contributed by atoms with Crippen molar-refractivity contribution < 1.29 is 4.74 Å². The summed E-state index contributed by atoms with van der Waals surface area (Å²) in [5, 5.41) is 3.47. The van der Waals surface area contributed by atoms with Crippen LogP contribution in [0.15, 0.2) is 12.7 Å². The molecule has 1 N–H and O–H groups in total. The molecule has 0 aromatic carbocycles. The molecule has 0 bridgehead atoms. The SMILES string of the molecule is C=CCCCCCNCCCCOC(C)C. The van der Waals surface area contributed by atoms with Crippen molar-refractivity contribution in [1.82, 2.24) is 5.32 Å². The summed E-state index contributed by atoms with van der Waals surface area (Å²) in [7, 11) is 0. The summed E-state index contributed by atoms with van der Waals surface area (Å²) in [6.45, 7) is 11.1. The molecular weight excluding hydrogens is 198 g/mol. The zero-order valence-electron chi connectivity index (χ0n) is 11.1. The lowest BCUT2D eigenvalue weighted by atomic mass is 10.2. The van der Waals surface area contributed by atoms with E-state index in [0.29, 0.717) is 6.10 Å². The molecule has 0 saturated carbocycles. The smallest absolute Gasteiger partial charge is 0.0518 e. The highest BCUT2D eigenvalue weighted by atomic mass is 16.5. The standard InChI is InChI=1S/C14H29NO/c1-4-5-6-7-8-11-15-12-9-10-13-16-14(2)3/h4,14-15H,1,5-13H2,2-3H3.